The quantitative estimate of drug-likeness (QED) is 0.555. The molecule has 0 saturated heterocycles. The zero-order valence-electron chi connectivity index (χ0n) is 16.3. The summed E-state index contributed by atoms with van der Waals surface area (Å²) in [5, 5.41) is 8.06. The van der Waals surface area contributed by atoms with Gasteiger partial charge in [0, 0.05) is 27.6 Å². The number of nitrogens with zero attached hydrogens (tertiary/aromatic N) is 3. The predicted octanol–water partition coefficient (Wildman–Crippen LogP) is 5.42. The SMILES string of the molecule is CN(C)C1CCC(Nc2nc(Nc3cccc(Br)c3)c3ccccc3n2)CC1. The van der Waals surface area contributed by atoms with Crippen molar-refractivity contribution < 1.29 is 0 Å². The molecule has 0 bridgehead atoms. The van der Waals surface area contributed by atoms with Crippen LogP contribution in [-0.4, -0.2) is 41.0 Å². The summed E-state index contributed by atoms with van der Waals surface area (Å²) in [6, 6.07) is 17.4. The van der Waals surface area contributed by atoms with Gasteiger partial charge in [-0.1, -0.05) is 34.1 Å². The molecule has 1 fully saturated rings. The smallest absolute Gasteiger partial charge is 0.225 e. The highest BCUT2D eigenvalue weighted by molar-refractivity contribution is 9.10. The highest BCUT2D eigenvalue weighted by atomic mass is 79.9. The average molecular weight is 440 g/mol. The lowest BCUT2D eigenvalue weighted by atomic mass is 9.90. The fraction of sp³-hybridized carbons (Fsp3) is 0.364. The maximum absolute atomic E-state index is 4.82. The van der Waals surface area contributed by atoms with Crippen molar-refractivity contribution >= 4 is 44.3 Å². The molecule has 1 saturated carbocycles. The zero-order chi connectivity index (χ0) is 19.5. The number of anilines is 3. The second-order valence-corrected chi connectivity index (χ2v) is 8.58. The van der Waals surface area contributed by atoms with E-state index < -0.39 is 0 Å². The molecule has 5 nitrogen and oxygen atoms in total. The number of fused-ring (bicyclic) bond motifs is 1. The molecule has 0 spiro atoms. The molecule has 1 aliphatic carbocycles. The van der Waals surface area contributed by atoms with Crippen molar-refractivity contribution in [1.29, 1.82) is 0 Å². The van der Waals surface area contributed by atoms with Crippen molar-refractivity contribution in [2.24, 2.45) is 0 Å². The second-order valence-electron chi connectivity index (χ2n) is 7.66. The molecular formula is C22H26BrN5. The number of hydrogen-bond acceptors (Lipinski definition) is 5. The summed E-state index contributed by atoms with van der Waals surface area (Å²) in [4.78, 5) is 11.9. The van der Waals surface area contributed by atoms with Crippen molar-refractivity contribution in [1.82, 2.24) is 14.9 Å². The summed E-state index contributed by atoms with van der Waals surface area (Å²) >= 11 is 3.53. The van der Waals surface area contributed by atoms with E-state index in [1.807, 2.05) is 42.5 Å². The Morgan fingerprint density at radius 2 is 1.75 bits per heavy atom. The molecular weight excluding hydrogens is 414 g/mol. The zero-order valence-corrected chi connectivity index (χ0v) is 17.9. The number of halogens is 1. The molecule has 0 aliphatic heterocycles. The van der Waals surface area contributed by atoms with Crippen LogP contribution in [0.5, 0.6) is 0 Å². The van der Waals surface area contributed by atoms with Crippen molar-refractivity contribution in [3.05, 3.63) is 53.0 Å². The van der Waals surface area contributed by atoms with E-state index in [4.69, 9.17) is 9.97 Å². The number of aromatic nitrogens is 2. The molecule has 2 aromatic carbocycles. The molecule has 1 heterocycles. The Kier molecular flexibility index (Phi) is 5.78. The molecule has 4 rings (SSSR count). The molecule has 0 amide bonds. The number of para-hydroxylation sites is 1. The largest absolute Gasteiger partial charge is 0.351 e. The third-order valence-electron chi connectivity index (χ3n) is 5.45. The second kappa shape index (κ2) is 8.45. The van der Waals surface area contributed by atoms with Crippen LogP contribution in [0.25, 0.3) is 10.9 Å². The standard InChI is InChI=1S/C22H26BrN5/c1-28(2)18-12-10-16(11-13-18)25-22-26-20-9-4-3-8-19(20)21(27-22)24-17-7-5-6-15(23)14-17/h3-9,14,16,18H,10-13H2,1-2H3,(H2,24,25,26,27). The van der Waals surface area contributed by atoms with E-state index in [9.17, 15) is 0 Å². The molecule has 1 aromatic heterocycles. The van der Waals surface area contributed by atoms with Crippen LogP contribution in [0.2, 0.25) is 0 Å². The van der Waals surface area contributed by atoms with Crippen LogP contribution in [-0.2, 0) is 0 Å². The van der Waals surface area contributed by atoms with Crippen LogP contribution in [0.4, 0.5) is 17.5 Å². The van der Waals surface area contributed by atoms with Gasteiger partial charge in [-0.3, -0.25) is 0 Å². The topological polar surface area (TPSA) is 53.1 Å². The maximum Gasteiger partial charge on any atom is 0.225 e. The minimum absolute atomic E-state index is 0.427. The fourth-order valence-electron chi connectivity index (χ4n) is 3.86. The highest BCUT2D eigenvalue weighted by Crippen LogP contribution is 2.28. The number of benzene rings is 2. The molecule has 146 valence electrons. The van der Waals surface area contributed by atoms with Crippen molar-refractivity contribution in [2.75, 3.05) is 24.7 Å². The van der Waals surface area contributed by atoms with E-state index in [1.54, 1.807) is 0 Å². The third kappa shape index (κ3) is 4.45. The van der Waals surface area contributed by atoms with Crippen LogP contribution >= 0.6 is 15.9 Å². The average Bonchev–Trinajstić information content (AvgIpc) is 2.68. The van der Waals surface area contributed by atoms with E-state index in [-0.39, 0.29) is 0 Å². The first-order chi connectivity index (χ1) is 13.6. The Morgan fingerprint density at radius 3 is 2.50 bits per heavy atom. The van der Waals surface area contributed by atoms with Gasteiger partial charge in [-0.15, -0.1) is 0 Å². The lowest BCUT2D eigenvalue weighted by Gasteiger charge is -2.33. The summed E-state index contributed by atoms with van der Waals surface area (Å²) < 4.78 is 1.03. The Morgan fingerprint density at radius 1 is 0.964 bits per heavy atom. The van der Waals surface area contributed by atoms with Gasteiger partial charge in [-0.05, 0) is 70.1 Å². The maximum atomic E-state index is 4.82. The first-order valence-corrected chi connectivity index (χ1v) is 10.6. The van der Waals surface area contributed by atoms with Gasteiger partial charge < -0.3 is 15.5 Å². The van der Waals surface area contributed by atoms with Crippen molar-refractivity contribution in [2.45, 2.75) is 37.8 Å². The molecule has 28 heavy (non-hydrogen) atoms. The third-order valence-corrected chi connectivity index (χ3v) is 5.94. The molecule has 2 N–H and O–H groups in total. The summed E-state index contributed by atoms with van der Waals surface area (Å²) in [5.41, 5.74) is 1.94. The fourth-order valence-corrected chi connectivity index (χ4v) is 4.26. The van der Waals surface area contributed by atoms with Gasteiger partial charge >= 0.3 is 0 Å². The van der Waals surface area contributed by atoms with Crippen LogP contribution < -0.4 is 10.6 Å². The Bertz CT molecular complexity index is 951. The lowest BCUT2D eigenvalue weighted by molar-refractivity contribution is 0.221. The number of hydrogen-bond donors (Lipinski definition) is 2. The van der Waals surface area contributed by atoms with E-state index in [2.05, 4.69) is 51.6 Å². The van der Waals surface area contributed by atoms with Crippen LogP contribution in [0.3, 0.4) is 0 Å². The van der Waals surface area contributed by atoms with Crippen LogP contribution in [0, 0.1) is 0 Å². The van der Waals surface area contributed by atoms with Gasteiger partial charge in [0.25, 0.3) is 0 Å². The lowest BCUT2D eigenvalue weighted by Crippen LogP contribution is -2.36. The van der Waals surface area contributed by atoms with Crippen molar-refractivity contribution in [3.8, 4) is 0 Å². The first-order valence-electron chi connectivity index (χ1n) is 9.81. The molecule has 3 aromatic rings. The van der Waals surface area contributed by atoms with Gasteiger partial charge in [0.05, 0.1) is 5.52 Å². The molecule has 1 aliphatic rings. The van der Waals surface area contributed by atoms with Gasteiger partial charge in [-0.25, -0.2) is 4.98 Å². The monoisotopic (exact) mass is 439 g/mol. The minimum atomic E-state index is 0.427. The summed E-state index contributed by atoms with van der Waals surface area (Å²) in [6.45, 7) is 0. The molecule has 6 heteroatoms. The Hall–Kier alpha value is -2.18. The van der Waals surface area contributed by atoms with Crippen molar-refractivity contribution in [3.63, 3.8) is 0 Å². The van der Waals surface area contributed by atoms with E-state index in [1.165, 1.54) is 12.8 Å². The van der Waals surface area contributed by atoms with E-state index in [0.717, 1.165) is 39.7 Å². The summed E-state index contributed by atoms with van der Waals surface area (Å²) in [7, 11) is 4.34. The molecule has 0 unspecified atom stereocenters. The normalized spacial score (nSPS) is 19.7. The molecule has 0 atom stereocenters. The number of nitrogens with one attached hydrogen (secondary N) is 2. The van der Waals surface area contributed by atoms with Gasteiger partial charge in [0.2, 0.25) is 5.95 Å². The number of rotatable bonds is 5. The van der Waals surface area contributed by atoms with E-state index in [0.29, 0.717) is 18.0 Å². The Balaban J connectivity index is 1.58. The van der Waals surface area contributed by atoms with Gasteiger partial charge in [-0.2, -0.15) is 4.98 Å². The van der Waals surface area contributed by atoms with Gasteiger partial charge in [0.1, 0.15) is 5.82 Å². The molecule has 0 radical (unpaired) electrons. The summed E-state index contributed by atoms with van der Waals surface area (Å²) in [6.07, 6.45) is 4.71. The summed E-state index contributed by atoms with van der Waals surface area (Å²) in [5.74, 6) is 1.53. The van der Waals surface area contributed by atoms with Crippen LogP contribution in [0.1, 0.15) is 25.7 Å². The highest BCUT2D eigenvalue weighted by Gasteiger charge is 2.23. The first kappa shape index (κ1) is 19.2. The van der Waals surface area contributed by atoms with Gasteiger partial charge in [0.15, 0.2) is 0 Å². The van der Waals surface area contributed by atoms with E-state index >= 15 is 0 Å². The minimum Gasteiger partial charge on any atom is -0.351 e. The van der Waals surface area contributed by atoms with Crippen LogP contribution in [0.15, 0.2) is 53.0 Å². The Labute approximate surface area is 174 Å². The predicted molar refractivity (Wildman–Crippen MR) is 120 cm³/mol.